The van der Waals surface area contributed by atoms with Crippen molar-refractivity contribution in [3.63, 3.8) is 0 Å². The lowest BCUT2D eigenvalue weighted by Gasteiger charge is -2.07. The summed E-state index contributed by atoms with van der Waals surface area (Å²) >= 11 is 12.3. The molecule has 0 aromatic heterocycles. The molecule has 0 unspecified atom stereocenters. The van der Waals surface area contributed by atoms with Crippen molar-refractivity contribution in [3.05, 3.63) is 27.7 Å². The van der Waals surface area contributed by atoms with E-state index in [0.29, 0.717) is 10.7 Å². The summed E-state index contributed by atoms with van der Waals surface area (Å²) in [5, 5.41) is 3.29. The van der Waals surface area contributed by atoms with Crippen LogP contribution in [0.3, 0.4) is 0 Å². The van der Waals surface area contributed by atoms with Crippen LogP contribution in [0.5, 0.6) is 0 Å². The topological polar surface area (TPSA) is 29.1 Å². The van der Waals surface area contributed by atoms with Gasteiger partial charge in [-0.15, -0.1) is 0 Å². The van der Waals surface area contributed by atoms with Crippen molar-refractivity contribution in [1.29, 1.82) is 0 Å². The lowest BCUT2D eigenvalue weighted by Crippen LogP contribution is -2.19. The van der Waals surface area contributed by atoms with Crippen LogP contribution >= 0.6 is 43.5 Å². The van der Waals surface area contributed by atoms with Gasteiger partial charge in [0.15, 0.2) is 0 Å². The van der Waals surface area contributed by atoms with E-state index in [2.05, 4.69) is 37.2 Å². The Labute approximate surface area is 104 Å². The predicted molar refractivity (Wildman–Crippen MR) is 66.2 cm³/mol. The van der Waals surface area contributed by atoms with E-state index in [9.17, 15) is 4.79 Å². The molecule has 1 atom stereocenters. The number of benzene rings is 1. The first kappa shape index (κ1) is 12.0. The van der Waals surface area contributed by atoms with Crippen LogP contribution in [0.15, 0.2) is 22.7 Å². The number of alkyl halides is 1. The summed E-state index contributed by atoms with van der Waals surface area (Å²) in [7, 11) is 0. The van der Waals surface area contributed by atoms with Crippen LogP contribution in [0.1, 0.15) is 6.92 Å². The van der Waals surface area contributed by atoms with Crippen molar-refractivity contribution < 1.29 is 4.79 Å². The molecule has 0 aliphatic carbocycles. The molecule has 0 heterocycles. The molecule has 1 aromatic carbocycles. The van der Waals surface area contributed by atoms with Crippen molar-refractivity contribution >= 4 is 55.1 Å². The summed E-state index contributed by atoms with van der Waals surface area (Å²) in [4.78, 5) is 11.1. The fourth-order valence-electron chi connectivity index (χ4n) is 0.816. The second kappa shape index (κ2) is 5.14. The van der Waals surface area contributed by atoms with Crippen molar-refractivity contribution in [2.75, 3.05) is 5.32 Å². The molecule has 5 heteroatoms. The molecule has 14 heavy (non-hydrogen) atoms. The number of carbonyl (C=O) groups is 1. The van der Waals surface area contributed by atoms with Crippen molar-refractivity contribution in [2.24, 2.45) is 0 Å². The number of carbonyl (C=O) groups excluding carboxylic acids is 1. The van der Waals surface area contributed by atoms with Crippen LogP contribution in [0, 0.1) is 0 Å². The van der Waals surface area contributed by atoms with Gasteiger partial charge >= 0.3 is 0 Å². The number of anilines is 1. The van der Waals surface area contributed by atoms with Crippen molar-refractivity contribution in [2.45, 2.75) is 11.8 Å². The monoisotopic (exact) mass is 339 g/mol. The third-order valence-corrected chi connectivity index (χ3v) is 3.20. The third kappa shape index (κ3) is 3.26. The average Bonchev–Trinajstić information content (AvgIpc) is 2.11. The molecule has 0 radical (unpaired) electrons. The number of amides is 1. The van der Waals surface area contributed by atoms with Gasteiger partial charge in [-0.1, -0.05) is 27.5 Å². The molecular weight excluding hydrogens is 333 g/mol. The van der Waals surface area contributed by atoms with E-state index in [1.165, 1.54) is 0 Å². The summed E-state index contributed by atoms with van der Waals surface area (Å²) in [5.74, 6) is -0.0941. The second-order valence-electron chi connectivity index (χ2n) is 2.73. The average molecular weight is 341 g/mol. The molecule has 1 amide bonds. The van der Waals surface area contributed by atoms with Gasteiger partial charge in [-0.2, -0.15) is 0 Å². The van der Waals surface area contributed by atoms with Gasteiger partial charge in [0.25, 0.3) is 0 Å². The predicted octanol–water partition coefficient (Wildman–Crippen LogP) is 3.82. The van der Waals surface area contributed by atoms with Gasteiger partial charge < -0.3 is 5.32 Å². The Kier molecular flexibility index (Phi) is 4.41. The summed E-state index contributed by atoms with van der Waals surface area (Å²) < 4.78 is 0.809. The highest BCUT2D eigenvalue weighted by atomic mass is 79.9. The fourth-order valence-corrected chi connectivity index (χ4v) is 1.36. The second-order valence-corrected chi connectivity index (χ2v) is 5.37. The van der Waals surface area contributed by atoms with Gasteiger partial charge in [0.05, 0.1) is 9.85 Å². The SMILES string of the molecule is C[C@H](Br)C(=O)Nc1ccc(Br)c(Cl)c1. The largest absolute Gasteiger partial charge is 0.325 e. The Morgan fingerprint density at radius 2 is 2.21 bits per heavy atom. The van der Waals surface area contributed by atoms with Crippen LogP contribution in [0.4, 0.5) is 5.69 Å². The lowest BCUT2D eigenvalue weighted by molar-refractivity contribution is -0.115. The first-order valence-electron chi connectivity index (χ1n) is 3.90. The molecule has 1 aromatic rings. The number of hydrogen-bond acceptors (Lipinski definition) is 1. The highest BCUT2D eigenvalue weighted by molar-refractivity contribution is 9.10. The van der Waals surface area contributed by atoms with E-state index in [0.717, 1.165) is 4.47 Å². The highest BCUT2D eigenvalue weighted by Crippen LogP contribution is 2.25. The Morgan fingerprint density at radius 1 is 1.57 bits per heavy atom. The molecular formula is C9H8Br2ClNO. The van der Waals surface area contributed by atoms with Crippen LogP contribution in [0.2, 0.25) is 5.02 Å². The summed E-state index contributed by atoms with van der Waals surface area (Å²) in [6.45, 7) is 1.76. The zero-order valence-electron chi connectivity index (χ0n) is 7.35. The normalized spacial score (nSPS) is 12.3. The molecule has 0 saturated heterocycles. The quantitative estimate of drug-likeness (QED) is 0.814. The van der Waals surface area contributed by atoms with Gasteiger partial charge in [-0.25, -0.2) is 0 Å². The summed E-state index contributed by atoms with van der Waals surface area (Å²) in [5.41, 5.74) is 0.689. The smallest absolute Gasteiger partial charge is 0.237 e. The summed E-state index contributed by atoms with van der Waals surface area (Å²) in [6, 6.07) is 5.26. The van der Waals surface area contributed by atoms with E-state index in [1.54, 1.807) is 25.1 Å². The Morgan fingerprint density at radius 3 is 2.71 bits per heavy atom. The minimum absolute atomic E-state index is 0.0941. The van der Waals surface area contributed by atoms with Crippen LogP contribution < -0.4 is 5.32 Å². The zero-order chi connectivity index (χ0) is 10.7. The molecule has 0 aliphatic rings. The summed E-state index contributed by atoms with van der Waals surface area (Å²) in [6.07, 6.45) is 0. The Hall–Kier alpha value is -0.0600. The third-order valence-electron chi connectivity index (χ3n) is 1.55. The Balaban J connectivity index is 2.78. The fraction of sp³-hybridized carbons (Fsp3) is 0.222. The first-order chi connectivity index (χ1) is 6.50. The molecule has 2 nitrogen and oxygen atoms in total. The van der Waals surface area contributed by atoms with Gasteiger partial charge in [0.2, 0.25) is 5.91 Å². The van der Waals surface area contributed by atoms with Crippen LogP contribution in [0.25, 0.3) is 0 Å². The van der Waals surface area contributed by atoms with Gasteiger partial charge in [-0.3, -0.25) is 4.79 Å². The molecule has 0 spiro atoms. The van der Waals surface area contributed by atoms with Crippen LogP contribution in [-0.2, 0) is 4.79 Å². The number of halogens is 3. The van der Waals surface area contributed by atoms with E-state index in [4.69, 9.17) is 11.6 Å². The Bertz CT molecular complexity index is 355. The number of rotatable bonds is 2. The molecule has 0 aliphatic heterocycles. The van der Waals surface area contributed by atoms with E-state index >= 15 is 0 Å². The van der Waals surface area contributed by atoms with Crippen molar-refractivity contribution in [3.8, 4) is 0 Å². The van der Waals surface area contributed by atoms with Gasteiger partial charge in [-0.05, 0) is 41.1 Å². The molecule has 0 bridgehead atoms. The van der Waals surface area contributed by atoms with Crippen LogP contribution in [-0.4, -0.2) is 10.7 Å². The minimum atomic E-state index is -0.218. The maximum atomic E-state index is 11.3. The maximum Gasteiger partial charge on any atom is 0.237 e. The molecule has 1 rings (SSSR count). The standard InChI is InChI=1S/C9H8Br2ClNO/c1-5(10)9(14)13-6-2-3-7(11)8(12)4-6/h2-5H,1H3,(H,13,14)/t5-/m0/s1. The minimum Gasteiger partial charge on any atom is -0.325 e. The number of hydrogen-bond donors (Lipinski definition) is 1. The molecule has 0 fully saturated rings. The van der Waals surface area contributed by atoms with E-state index in [1.807, 2.05) is 0 Å². The first-order valence-corrected chi connectivity index (χ1v) is 5.99. The highest BCUT2D eigenvalue weighted by Gasteiger charge is 2.09. The zero-order valence-corrected chi connectivity index (χ0v) is 11.3. The maximum absolute atomic E-state index is 11.3. The molecule has 1 N–H and O–H groups in total. The lowest BCUT2D eigenvalue weighted by atomic mass is 10.3. The van der Waals surface area contributed by atoms with Gasteiger partial charge in [0, 0.05) is 10.2 Å². The van der Waals surface area contributed by atoms with Crippen molar-refractivity contribution in [1.82, 2.24) is 0 Å². The van der Waals surface area contributed by atoms with E-state index < -0.39 is 0 Å². The number of nitrogens with one attached hydrogen (secondary N) is 1. The molecule has 76 valence electrons. The van der Waals surface area contributed by atoms with E-state index in [-0.39, 0.29) is 10.7 Å². The van der Waals surface area contributed by atoms with Gasteiger partial charge in [0.1, 0.15) is 0 Å². The molecule has 0 saturated carbocycles.